The smallest absolute Gasteiger partial charge is 0.875 e. The van der Waals surface area contributed by atoms with Crippen molar-refractivity contribution in [3.8, 4) is 0 Å². The van der Waals surface area contributed by atoms with Crippen LogP contribution < -0.4 is 20.4 Å². The summed E-state index contributed by atoms with van der Waals surface area (Å²) in [5.74, 6) is -10.6. The summed E-state index contributed by atoms with van der Waals surface area (Å²) in [5, 5.41) is 41.9. The average Bonchev–Trinajstić information content (AvgIpc) is 2.64. The molecule has 0 atom stereocenters. The third-order valence-electron chi connectivity index (χ3n) is 4.54. The molecule has 0 heterocycles. The standard InChI is InChI=1S/4C7H10O3.Sn/c4*1-4(8)7(5(2)9)6(3)10;/h4*7-8H,1H2,2-3H3;/q;;;;+4/p-4. The molecule has 0 aliphatic carbocycles. The van der Waals surface area contributed by atoms with Gasteiger partial charge in [0.1, 0.15) is 46.3 Å². The summed E-state index contributed by atoms with van der Waals surface area (Å²) in [4.78, 5) is 84.4. The first-order valence-electron chi connectivity index (χ1n) is 11.3. The summed E-state index contributed by atoms with van der Waals surface area (Å²) in [7, 11) is 0. The zero-order valence-electron chi connectivity index (χ0n) is 24.5. The first-order valence-corrected chi connectivity index (χ1v) is 11.3. The molecule has 224 valence electrons. The minimum Gasteiger partial charge on any atom is -0.875 e. The van der Waals surface area contributed by atoms with Crippen LogP contribution in [0.15, 0.2) is 49.4 Å². The van der Waals surface area contributed by atoms with E-state index in [1.165, 1.54) is 55.4 Å². The van der Waals surface area contributed by atoms with Gasteiger partial charge in [-0.05, 0) is 55.4 Å². The van der Waals surface area contributed by atoms with Gasteiger partial charge in [0.15, 0.2) is 0 Å². The fourth-order valence-corrected chi connectivity index (χ4v) is 2.96. The third-order valence-corrected chi connectivity index (χ3v) is 4.54. The van der Waals surface area contributed by atoms with E-state index in [2.05, 4.69) is 26.3 Å². The van der Waals surface area contributed by atoms with Gasteiger partial charge in [-0.15, -0.1) is 49.4 Å². The number of allylic oxidation sites excluding steroid dienone is 4. The van der Waals surface area contributed by atoms with E-state index in [4.69, 9.17) is 0 Å². The van der Waals surface area contributed by atoms with Crippen LogP contribution in [0.1, 0.15) is 55.4 Å². The minimum atomic E-state index is -1.14. The molecule has 0 aliphatic heterocycles. The van der Waals surface area contributed by atoms with Gasteiger partial charge >= 0.3 is 23.9 Å². The second-order valence-electron chi connectivity index (χ2n) is 8.48. The quantitative estimate of drug-likeness (QED) is 0.127. The van der Waals surface area contributed by atoms with Crippen molar-refractivity contribution >= 4 is 70.2 Å². The Bertz CT molecular complexity index is 767. The number of rotatable bonds is 12. The predicted octanol–water partition coefficient (Wildman–Crippen LogP) is -1.76. The van der Waals surface area contributed by atoms with Gasteiger partial charge < -0.3 is 20.4 Å². The van der Waals surface area contributed by atoms with E-state index in [0.717, 1.165) is 0 Å². The maximum Gasteiger partial charge on any atom is 4.00 e. The summed E-state index contributed by atoms with van der Waals surface area (Å²) in [5.41, 5.74) is 0. The molecule has 0 radical (unpaired) electrons. The molecule has 0 saturated heterocycles. The van der Waals surface area contributed by atoms with Crippen LogP contribution in [0.2, 0.25) is 0 Å². The van der Waals surface area contributed by atoms with Crippen molar-refractivity contribution in [1.29, 1.82) is 0 Å². The molecule has 0 N–H and O–H groups in total. The maximum absolute atomic E-state index is 10.5. The molecule has 0 saturated carbocycles. The fourth-order valence-electron chi connectivity index (χ4n) is 2.96. The largest absolute Gasteiger partial charge is 4.00 e. The minimum absolute atomic E-state index is 0. The molecule has 41 heavy (non-hydrogen) atoms. The Kier molecular flexibility index (Phi) is 26.5. The van der Waals surface area contributed by atoms with Crippen molar-refractivity contribution in [1.82, 2.24) is 0 Å². The molecule has 12 nitrogen and oxygen atoms in total. The molecule has 0 unspecified atom stereocenters. The molecule has 0 aromatic heterocycles. The van der Waals surface area contributed by atoms with Gasteiger partial charge in [0, 0.05) is 0 Å². The van der Waals surface area contributed by atoms with Crippen LogP contribution in [0.3, 0.4) is 0 Å². The van der Waals surface area contributed by atoms with Crippen LogP contribution in [-0.2, 0) is 38.4 Å². The molecular formula is C28H36O12Sn. The van der Waals surface area contributed by atoms with E-state index in [0.29, 0.717) is 0 Å². The monoisotopic (exact) mass is 684 g/mol. The fraction of sp³-hybridized carbons (Fsp3) is 0.429. The molecule has 0 aliphatic rings. The molecule has 0 aromatic rings. The Morgan fingerprint density at radius 1 is 0.341 bits per heavy atom. The van der Waals surface area contributed by atoms with Crippen molar-refractivity contribution in [2.24, 2.45) is 23.7 Å². The number of ketones is 8. The second-order valence-corrected chi connectivity index (χ2v) is 8.48. The van der Waals surface area contributed by atoms with E-state index in [1.54, 1.807) is 0 Å². The van der Waals surface area contributed by atoms with E-state index < -0.39 is 93.0 Å². The summed E-state index contributed by atoms with van der Waals surface area (Å²) in [6.07, 6.45) is 0. The van der Waals surface area contributed by atoms with Gasteiger partial charge in [0.2, 0.25) is 0 Å². The topological polar surface area (TPSA) is 229 Å². The SMILES string of the molecule is C=C([O-])C(C(C)=O)C(C)=O.C=C([O-])C(C(C)=O)C(C)=O.C=C([O-])C(C(C)=O)C(C)=O.C=C([O-])C(C(C)=O)C(C)=O.[Sn+4]. The van der Waals surface area contributed by atoms with Crippen molar-refractivity contribution < 1.29 is 58.8 Å². The van der Waals surface area contributed by atoms with Gasteiger partial charge in [-0.3, -0.25) is 38.4 Å². The van der Waals surface area contributed by atoms with Gasteiger partial charge in [-0.2, -0.15) is 0 Å². The van der Waals surface area contributed by atoms with Gasteiger partial charge in [-0.1, -0.05) is 0 Å². The molecule has 0 aromatic carbocycles. The summed E-state index contributed by atoms with van der Waals surface area (Å²) < 4.78 is 0. The van der Waals surface area contributed by atoms with Crippen molar-refractivity contribution in [2.75, 3.05) is 0 Å². The van der Waals surface area contributed by atoms with Crippen LogP contribution in [0, 0.1) is 23.7 Å². The zero-order valence-corrected chi connectivity index (χ0v) is 27.4. The Labute approximate surface area is 256 Å². The third kappa shape index (κ3) is 21.8. The summed E-state index contributed by atoms with van der Waals surface area (Å²) in [6.45, 7) is 21.6. The Morgan fingerprint density at radius 3 is 0.415 bits per heavy atom. The molecule has 0 bridgehead atoms. The van der Waals surface area contributed by atoms with Crippen LogP contribution in [0.25, 0.3) is 0 Å². The Hall–Kier alpha value is -3.68. The van der Waals surface area contributed by atoms with Crippen molar-refractivity contribution in [3.05, 3.63) is 49.4 Å². The van der Waals surface area contributed by atoms with E-state index in [9.17, 15) is 58.8 Å². The number of hydrogen-bond acceptors (Lipinski definition) is 12. The number of hydrogen-bond donors (Lipinski definition) is 0. The van der Waals surface area contributed by atoms with Gasteiger partial charge in [0.25, 0.3) is 0 Å². The number of Topliss-reactive ketones (excluding diaryl/α,β-unsaturated/α-hetero) is 8. The number of carbonyl (C=O) groups is 8. The molecule has 0 amide bonds. The van der Waals surface area contributed by atoms with Crippen LogP contribution in [-0.4, -0.2) is 70.2 Å². The van der Waals surface area contributed by atoms with Crippen molar-refractivity contribution in [3.63, 3.8) is 0 Å². The van der Waals surface area contributed by atoms with Crippen LogP contribution in [0.5, 0.6) is 0 Å². The Morgan fingerprint density at radius 2 is 0.415 bits per heavy atom. The Balaban J connectivity index is -0.000000139. The van der Waals surface area contributed by atoms with Crippen LogP contribution in [0.4, 0.5) is 0 Å². The van der Waals surface area contributed by atoms with Gasteiger partial charge in [-0.25, -0.2) is 0 Å². The molecule has 0 spiro atoms. The van der Waals surface area contributed by atoms with Crippen molar-refractivity contribution in [2.45, 2.75) is 55.4 Å². The second kappa shape index (κ2) is 23.1. The zero-order chi connectivity index (χ0) is 33.2. The summed E-state index contributed by atoms with van der Waals surface area (Å²) in [6, 6.07) is 0. The van der Waals surface area contributed by atoms with E-state index in [1.807, 2.05) is 0 Å². The average molecular weight is 683 g/mol. The predicted molar refractivity (Wildman–Crippen MR) is 142 cm³/mol. The van der Waals surface area contributed by atoms with Crippen LogP contribution >= 0.6 is 0 Å². The molecule has 0 rings (SSSR count). The van der Waals surface area contributed by atoms with Gasteiger partial charge in [0.05, 0.1) is 23.7 Å². The molecule has 0 fully saturated rings. The molecule has 13 heteroatoms. The van der Waals surface area contributed by atoms with E-state index >= 15 is 0 Å². The molecular weight excluding hydrogens is 647 g/mol. The first-order chi connectivity index (χ1) is 17.9. The summed E-state index contributed by atoms with van der Waals surface area (Å²) >= 11 is 0. The van der Waals surface area contributed by atoms with E-state index in [-0.39, 0.29) is 23.9 Å². The first kappa shape index (κ1) is 47.1. The number of carbonyl (C=O) groups excluding carboxylic acids is 8. The maximum atomic E-state index is 10.5. The normalized spacial score (nSPS) is 9.27.